The Balaban J connectivity index is 1.58. The van der Waals surface area contributed by atoms with E-state index in [1.807, 2.05) is 6.92 Å². The summed E-state index contributed by atoms with van der Waals surface area (Å²) in [6, 6.07) is 14.2. The van der Waals surface area contributed by atoms with Gasteiger partial charge in [0.05, 0.1) is 42.1 Å². The van der Waals surface area contributed by atoms with Crippen molar-refractivity contribution in [1.82, 2.24) is 14.8 Å². The topological polar surface area (TPSA) is 122 Å². The number of pyridine rings is 1. The fourth-order valence-corrected chi connectivity index (χ4v) is 4.36. The number of fused-ring (bicyclic) bond motifs is 1. The van der Waals surface area contributed by atoms with Gasteiger partial charge in [0.25, 0.3) is 5.91 Å². The number of nitrogens with zero attached hydrogens (tertiary/aromatic N) is 4. The molecule has 2 amide bonds. The number of nitriles is 1. The summed E-state index contributed by atoms with van der Waals surface area (Å²) < 4.78 is 10.4. The Morgan fingerprint density at radius 2 is 2.03 bits per heavy atom. The third kappa shape index (κ3) is 5.05. The number of nitrogens with two attached hydrogens (primary N) is 1. The molecule has 2 heterocycles. The number of amides is 2. The van der Waals surface area contributed by atoms with E-state index in [2.05, 4.69) is 6.07 Å². The predicted octanol–water partition coefficient (Wildman–Crippen LogP) is 4.02. The van der Waals surface area contributed by atoms with Crippen molar-refractivity contribution < 1.29 is 19.1 Å². The Morgan fingerprint density at radius 3 is 2.72 bits per heavy atom. The molecule has 1 aliphatic rings. The van der Waals surface area contributed by atoms with Crippen LogP contribution in [0, 0.1) is 11.3 Å². The molecule has 4 rings (SSSR count). The number of piperazine rings is 1. The molecule has 0 unspecified atom stereocenters. The van der Waals surface area contributed by atoms with E-state index in [1.54, 1.807) is 47.4 Å². The molecule has 186 valence electrons. The quantitative estimate of drug-likeness (QED) is 0.553. The fourth-order valence-electron chi connectivity index (χ4n) is 4.10. The number of carbonyl (C=O) groups is 2. The molecule has 1 aromatic heterocycles. The van der Waals surface area contributed by atoms with Crippen LogP contribution in [0.5, 0.6) is 5.75 Å². The molecule has 1 aliphatic heterocycles. The van der Waals surface area contributed by atoms with Crippen molar-refractivity contribution in [2.75, 3.05) is 33.4 Å². The highest BCUT2D eigenvalue weighted by molar-refractivity contribution is 6.35. The molecule has 0 bridgehead atoms. The molecule has 2 aromatic carbocycles. The van der Waals surface area contributed by atoms with Crippen molar-refractivity contribution >= 4 is 34.5 Å². The van der Waals surface area contributed by atoms with Crippen LogP contribution in [-0.2, 0) is 4.74 Å². The van der Waals surface area contributed by atoms with E-state index in [4.69, 9.17) is 31.8 Å². The van der Waals surface area contributed by atoms with Crippen LogP contribution in [0.3, 0.4) is 0 Å². The Morgan fingerprint density at radius 1 is 1.22 bits per heavy atom. The van der Waals surface area contributed by atoms with Crippen LogP contribution >= 0.6 is 11.6 Å². The van der Waals surface area contributed by atoms with Crippen molar-refractivity contribution in [3.63, 3.8) is 0 Å². The zero-order valence-electron chi connectivity index (χ0n) is 20.0. The maximum Gasteiger partial charge on any atom is 0.411 e. The standard InChI is InChI=1S/C26H26ClN5O4/c1-3-10-36-26(34)32-9-8-31(15-24(32)29)25(33)17-4-6-19-20(27)13-21(30-22(19)12-17)16-5-7-23(35-2)18(11-16)14-28/h4-7,11-13,24H,3,8-10,15,29H2,1-2H3/t24-/m0/s1. The van der Waals surface area contributed by atoms with E-state index < -0.39 is 12.3 Å². The van der Waals surface area contributed by atoms with Gasteiger partial charge in [-0.1, -0.05) is 24.6 Å². The average molecular weight is 508 g/mol. The van der Waals surface area contributed by atoms with Crippen LogP contribution in [0.4, 0.5) is 4.79 Å². The van der Waals surface area contributed by atoms with Gasteiger partial charge in [-0.15, -0.1) is 0 Å². The molecular formula is C26H26ClN5O4. The fraction of sp³-hybridized carbons (Fsp3) is 0.308. The van der Waals surface area contributed by atoms with E-state index in [9.17, 15) is 14.9 Å². The van der Waals surface area contributed by atoms with Gasteiger partial charge in [0.2, 0.25) is 0 Å². The molecule has 1 saturated heterocycles. The first-order valence-electron chi connectivity index (χ1n) is 11.5. The number of ether oxygens (including phenoxy) is 2. The summed E-state index contributed by atoms with van der Waals surface area (Å²) in [6.07, 6.45) is -0.401. The first kappa shape index (κ1) is 25.2. The van der Waals surface area contributed by atoms with Crippen LogP contribution in [0.25, 0.3) is 22.2 Å². The number of hydrogen-bond acceptors (Lipinski definition) is 7. The number of benzene rings is 2. The molecule has 0 radical (unpaired) electrons. The zero-order chi connectivity index (χ0) is 25.8. The van der Waals surface area contributed by atoms with Gasteiger partial charge in [-0.05, 0) is 42.8 Å². The number of aromatic nitrogens is 1. The van der Waals surface area contributed by atoms with Gasteiger partial charge in [0, 0.05) is 29.6 Å². The number of halogens is 1. The number of hydrogen-bond donors (Lipinski definition) is 1. The highest BCUT2D eigenvalue weighted by Gasteiger charge is 2.31. The molecule has 1 atom stereocenters. The number of rotatable bonds is 5. The molecule has 0 aliphatic carbocycles. The summed E-state index contributed by atoms with van der Waals surface area (Å²) in [5, 5.41) is 10.6. The molecule has 0 spiro atoms. The molecule has 1 fully saturated rings. The third-order valence-corrected chi connectivity index (χ3v) is 6.30. The predicted molar refractivity (Wildman–Crippen MR) is 136 cm³/mol. The Bertz CT molecular complexity index is 1360. The van der Waals surface area contributed by atoms with Crippen LogP contribution < -0.4 is 10.5 Å². The van der Waals surface area contributed by atoms with Crippen LogP contribution in [0.15, 0.2) is 42.5 Å². The highest BCUT2D eigenvalue weighted by Crippen LogP contribution is 2.31. The van der Waals surface area contributed by atoms with Gasteiger partial charge in [-0.25, -0.2) is 9.78 Å². The lowest BCUT2D eigenvalue weighted by Crippen LogP contribution is -2.60. The van der Waals surface area contributed by atoms with Crippen LogP contribution in [0.1, 0.15) is 29.3 Å². The average Bonchev–Trinajstić information content (AvgIpc) is 2.90. The smallest absolute Gasteiger partial charge is 0.411 e. The summed E-state index contributed by atoms with van der Waals surface area (Å²) >= 11 is 6.53. The van der Waals surface area contributed by atoms with Crippen molar-refractivity contribution in [2.45, 2.75) is 19.5 Å². The minimum Gasteiger partial charge on any atom is -0.495 e. The minimum absolute atomic E-state index is 0.190. The van der Waals surface area contributed by atoms with Gasteiger partial charge in [-0.2, -0.15) is 5.26 Å². The number of methoxy groups -OCH3 is 1. The van der Waals surface area contributed by atoms with E-state index >= 15 is 0 Å². The molecule has 2 N–H and O–H groups in total. The Hall–Kier alpha value is -3.87. The van der Waals surface area contributed by atoms with Crippen LogP contribution in [-0.4, -0.2) is 66.3 Å². The molecule has 9 nitrogen and oxygen atoms in total. The molecular weight excluding hydrogens is 482 g/mol. The second kappa shape index (κ2) is 10.8. The zero-order valence-corrected chi connectivity index (χ0v) is 20.8. The van der Waals surface area contributed by atoms with Crippen molar-refractivity contribution in [1.29, 1.82) is 5.26 Å². The lowest BCUT2D eigenvalue weighted by atomic mass is 10.0. The van der Waals surface area contributed by atoms with Gasteiger partial charge in [0.1, 0.15) is 18.0 Å². The maximum absolute atomic E-state index is 13.3. The van der Waals surface area contributed by atoms with E-state index in [-0.39, 0.29) is 19.0 Å². The second-order valence-electron chi connectivity index (χ2n) is 8.37. The third-order valence-electron chi connectivity index (χ3n) is 5.99. The molecule has 3 aromatic rings. The molecule has 36 heavy (non-hydrogen) atoms. The minimum atomic E-state index is -0.656. The van der Waals surface area contributed by atoms with Crippen molar-refractivity contribution in [3.8, 4) is 23.1 Å². The highest BCUT2D eigenvalue weighted by atomic mass is 35.5. The Kier molecular flexibility index (Phi) is 7.58. The van der Waals surface area contributed by atoms with Crippen molar-refractivity contribution in [3.05, 3.63) is 58.6 Å². The molecule has 10 heteroatoms. The SMILES string of the molecule is CCCOC(=O)N1CCN(C(=O)c2ccc3c(Cl)cc(-c4ccc(OC)c(C#N)c4)nc3c2)C[C@H]1N. The summed E-state index contributed by atoms with van der Waals surface area (Å²) in [6.45, 7) is 3.06. The first-order chi connectivity index (χ1) is 17.4. The van der Waals surface area contributed by atoms with E-state index in [0.717, 1.165) is 6.42 Å². The first-order valence-corrected chi connectivity index (χ1v) is 11.9. The van der Waals surface area contributed by atoms with E-state index in [1.165, 1.54) is 12.0 Å². The normalized spacial score (nSPS) is 15.5. The van der Waals surface area contributed by atoms with Crippen LogP contribution in [0.2, 0.25) is 5.02 Å². The lowest BCUT2D eigenvalue weighted by molar-refractivity contribution is 0.0390. The van der Waals surface area contributed by atoms with Gasteiger partial charge < -0.3 is 20.1 Å². The summed E-state index contributed by atoms with van der Waals surface area (Å²) in [4.78, 5) is 33.2. The van der Waals surface area contributed by atoms with Gasteiger partial charge >= 0.3 is 6.09 Å². The maximum atomic E-state index is 13.3. The largest absolute Gasteiger partial charge is 0.495 e. The summed E-state index contributed by atoms with van der Waals surface area (Å²) in [7, 11) is 1.50. The van der Waals surface area contributed by atoms with E-state index in [0.29, 0.717) is 57.2 Å². The summed E-state index contributed by atoms with van der Waals surface area (Å²) in [5.41, 5.74) is 8.79. The lowest BCUT2D eigenvalue weighted by Gasteiger charge is -2.38. The second-order valence-corrected chi connectivity index (χ2v) is 8.78. The van der Waals surface area contributed by atoms with Gasteiger partial charge in [-0.3, -0.25) is 9.69 Å². The summed E-state index contributed by atoms with van der Waals surface area (Å²) in [5.74, 6) is 0.256. The molecule has 0 saturated carbocycles. The van der Waals surface area contributed by atoms with Gasteiger partial charge in [0.15, 0.2) is 0 Å². The number of carbonyl (C=O) groups excluding carboxylic acids is 2. The Labute approximate surface area is 214 Å². The van der Waals surface area contributed by atoms with Crippen molar-refractivity contribution in [2.24, 2.45) is 5.73 Å². The monoisotopic (exact) mass is 507 g/mol.